The van der Waals surface area contributed by atoms with Crippen LogP contribution in [-0.4, -0.2) is 38.0 Å². The number of methoxy groups -OCH3 is 2. The second-order valence-electron chi connectivity index (χ2n) is 6.64. The lowest BCUT2D eigenvalue weighted by molar-refractivity contribution is 0.0811. The average Bonchev–Trinajstić information content (AvgIpc) is 2.67. The number of ether oxygens (including phenoxy) is 2. The molecular weight excluding hydrogens is 350 g/mol. The smallest absolute Gasteiger partial charge is 0.167 e. The van der Waals surface area contributed by atoms with E-state index in [0.29, 0.717) is 10.6 Å². The minimum absolute atomic E-state index is 0.0161. The normalized spacial score (nSPS) is 17.7. The summed E-state index contributed by atoms with van der Waals surface area (Å²) in [5, 5.41) is 0.605. The summed E-state index contributed by atoms with van der Waals surface area (Å²) in [6, 6.07) is 13.2. The Morgan fingerprint density at radius 1 is 1.15 bits per heavy atom. The van der Waals surface area contributed by atoms with E-state index in [1.807, 2.05) is 30.3 Å². The average molecular weight is 374 g/mol. The summed E-state index contributed by atoms with van der Waals surface area (Å²) < 4.78 is 10.7. The van der Waals surface area contributed by atoms with Crippen molar-refractivity contribution in [3.8, 4) is 11.5 Å². The molecule has 138 valence electrons. The molecule has 3 rings (SSSR count). The van der Waals surface area contributed by atoms with Gasteiger partial charge in [-0.15, -0.1) is 0 Å². The lowest BCUT2D eigenvalue weighted by Crippen LogP contribution is -2.38. The lowest BCUT2D eigenvalue weighted by Gasteiger charge is -2.32. The van der Waals surface area contributed by atoms with E-state index in [0.717, 1.165) is 49.5 Å². The van der Waals surface area contributed by atoms with Crippen LogP contribution in [0.1, 0.15) is 28.8 Å². The van der Waals surface area contributed by atoms with Gasteiger partial charge < -0.3 is 9.47 Å². The number of rotatable bonds is 6. The number of nitrogens with zero attached hydrogens (tertiary/aromatic N) is 1. The SMILES string of the molecule is COc1ccc(CN2CCC[C@H](C(=O)c3cccc(Cl)c3)C2)cc1OC. The highest BCUT2D eigenvalue weighted by Gasteiger charge is 2.26. The Hall–Kier alpha value is -2.04. The number of halogens is 1. The molecule has 0 unspecified atom stereocenters. The van der Waals surface area contributed by atoms with E-state index in [9.17, 15) is 4.79 Å². The van der Waals surface area contributed by atoms with Crippen LogP contribution in [0.4, 0.5) is 0 Å². The molecule has 2 aromatic carbocycles. The maximum Gasteiger partial charge on any atom is 0.167 e. The maximum absolute atomic E-state index is 12.8. The number of likely N-dealkylation sites (tertiary alicyclic amines) is 1. The molecule has 1 aliphatic heterocycles. The minimum atomic E-state index is 0.0161. The largest absolute Gasteiger partial charge is 0.493 e. The van der Waals surface area contributed by atoms with Crippen molar-refractivity contribution >= 4 is 17.4 Å². The van der Waals surface area contributed by atoms with Gasteiger partial charge in [0.1, 0.15) is 0 Å². The predicted octanol–water partition coefficient (Wildman–Crippen LogP) is 4.45. The third-order valence-corrected chi connectivity index (χ3v) is 5.07. The van der Waals surface area contributed by atoms with E-state index in [-0.39, 0.29) is 11.7 Å². The van der Waals surface area contributed by atoms with Gasteiger partial charge in [0.2, 0.25) is 0 Å². The zero-order valence-corrected chi connectivity index (χ0v) is 16.0. The molecule has 0 N–H and O–H groups in total. The number of carbonyl (C=O) groups is 1. The van der Waals surface area contributed by atoms with Crippen LogP contribution in [-0.2, 0) is 6.54 Å². The van der Waals surface area contributed by atoms with E-state index in [1.54, 1.807) is 26.4 Å². The van der Waals surface area contributed by atoms with Crippen LogP contribution in [0.2, 0.25) is 5.02 Å². The summed E-state index contributed by atoms with van der Waals surface area (Å²) in [5.41, 5.74) is 1.86. The molecule has 0 aliphatic carbocycles. The Kier molecular flexibility index (Phi) is 6.17. The number of hydrogen-bond acceptors (Lipinski definition) is 4. The van der Waals surface area contributed by atoms with Crippen LogP contribution >= 0.6 is 11.6 Å². The van der Waals surface area contributed by atoms with Crippen LogP contribution in [0.5, 0.6) is 11.5 Å². The molecule has 5 heteroatoms. The fraction of sp³-hybridized carbons (Fsp3) is 0.381. The van der Waals surface area contributed by atoms with Gasteiger partial charge in [-0.1, -0.05) is 29.8 Å². The molecule has 1 fully saturated rings. The fourth-order valence-electron chi connectivity index (χ4n) is 3.53. The van der Waals surface area contributed by atoms with Crippen LogP contribution < -0.4 is 9.47 Å². The third kappa shape index (κ3) is 4.37. The van der Waals surface area contributed by atoms with Gasteiger partial charge in [-0.3, -0.25) is 9.69 Å². The molecular formula is C21H24ClNO3. The molecule has 1 heterocycles. The molecule has 1 saturated heterocycles. The molecule has 0 saturated carbocycles. The van der Waals surface area contributed by atoms with Crippen molar-refractivity contribution in [2.45, 2.75) is 19.4 Å². The number of carbonyl (C=O) groups excluding carboxylic acids is 1. The van der Waals surface area contributed by atoms with E-state index in [4.69, 9.17) is 21.1 Å². The summed E-state index contributed by atoms with van der Waals surface area (Å²) in [6.07, 6.45) is 1.94. The highest BCUT2D eigenvalue weighted by molar-refractivity contribution is 6.31. The molecule has 1 atom stereocenters. The van der Waals surface area contributed by atoms with Gasteiger partial charge in [0.15, 0.2) is 17.3 Å². The highest BCUT2D eigenvalue weighted by atomic mass is 35.5. The van der Waals surface area contributed by atoms with Gasteiger partial charge in [-0.2, -0.15) is 0 Å². The minimum Gasteiger partial charge on any atom is -0.493 e. The number of piperidine rings is 1. The Balaban J connectivity index is 1.68. The molecule has 0 aromatic heterocycles. The molecule has 2 aromatic rings. The molecule has 0 amide bonds. The molecule has 26 heavy (non-hydrogen) atoms. The first kappa shape index (κ1) is 18.7. The summed E-state index contributed by atoms with van der Waals surface area (Å²) in [6.45, 7) is 2.55. The van der Waals surface area contributed by atoms with Crippen molar-refractivity contribution < 1.29 is 14.3 Å². The van der Waals surface area contributed by atoms with Crippen LogP contribution in [0.25, 0.3) is 0 Å². The first-order chi connectivity index (χ1) is 12.6. The van der Waals surface area contributed by atoms with Gasteiger partial charge >= 0.3 is 0 Å². The van der Waals surface area contributed by atoms with Crippen LogP contribution in [0.3, 0.4) is 0 Å². The van der Waals surface area contributed by atoms with E-state index in [1.165, 1.54) is 0 Å². The fourth-order valence-corrected chi connectivity index (χ4v) is 3.72. The lowest BCUT2D eigenvalue weighted by atomic mass is 9.90. The monoisotopic (exact) mass is 373 g/mol. The first-order valence-corrected chi connectivity index (χ1v) is 9.21. The van der Waals surface area contributed by atoms with Crippen molar-refractivity contribution in [2.75, 3.05) is 27.3 Å². The predicted molar refractivity (Wildman–Crippen MR) is 103 cm³/mol. The highest BCUT2D eigenvalue weighted by Crippen LogP contribution is 2.29. The Morgan fingerprint density at radius 3 is 2.69 bits per heavy atom. The van der Waals surface area contributed by atoms with Gasteiger partial charge in [0, 0.05) is 29.6 Å². The summed E-state index contributed by atoms with van der Waals surface area (Å²) >= 11 is 6.03. The quantitative estimate of drug-likeness (QED) is 0.701. The van der Waals surface area contributed by atoms with Crippen molar-refractivity contribution in [1.82, 2.24) is 4.90 Å². The van der Waals surface area contributed by atoms with Gasteiger partial charge in [0.05, 0.1) is 14.2 Å². The van der Waals surface area contributed by atoms with Gasteiger partial charge in [-0.25, -0.2) is 0 Å². The number of benzene rings is 2. The molecule has 1 aliphatic rings. The number of hydrogen-bond donors (Lipinski definition) is 0. The number of Topliss-reactive ketones (excluding diaryl/α,β-unsaturated/α-hetero) is 1. The van der Waals surface area contributed by atoms with Crippen molar-refractivity contribution in [1.29, 1.82) is 0 Å². The van der Waals surface area contributed by atoms with Crippen LogP contribution in [0.15, 0.2) is 42.5 Å². The van der Waals surface area contributed by atoms with E-state index < -0.39 is 0 Å². The molecule has 0 bridgehead atoms. The topological polar surface area (TPSA) is 38.8 Å². The van der Waals surface area contributed by atoms with Gasteiger partial charge in [-0.05, 0) is 49.2 Å². The van der Waals surface area contributed by atoms with E-state index in [2.05, 4.69) is 4.90 Å². The zero-order chi connectivity index (χ0) is 18.5. The van der Waals surface area contributed by atoms with E-state index >= 15 is 0 Å². The first-order valence-electron chi connectivity index (χ1n) is 8.83. The van der Waals surface area contributed by atoms with Crippen molar-refractivity contribution in [3.05, 3.63) is 58.6 Å². The second-order valence-corrected chi connectivity index (χ2v) is 7.07. The van der Waals surface area contributed by atoms with Crippen LogP contribution in [0, 0.1) is 5.92 Å². The Bertz CT molecular complexity index is 778. The Morgan fingerprint density at radius 2 is 1.96 bits per heavy atom. The Labute approximate surface area is 159 Å². The third-order valence-electron chi connectivity index (χ3n) is 4.84. The zero-order valence-electron chi connectivity index (χ0n) is 15.2. The molecule has 0 radical (unpaired) electrons. The molecule has 0 spiro atoms. The summed E-state index contributed by atoms with van der Waals surface area (Å²) in [5.74, 6) is 1.66. The van der Waals surface area contributed by atoms with Gasteiger partial charge in [0.25, 0.3) is 0 Å². The second kappa shape index (κ2) is 8.56. The maximum atomic E-state index is 12.8. The summed E-state index contributed by atoms with van der Waals surface area (Å²) in [4.78, 5) is 15.1. The summed E-state index contributed by atoms with van der Waals surface area (Å²) in [7, 11) is 3.27. The standard InChI is InChI=1S/C21H24ClNO3/c1-25-19-9-8-15(11-20(19)26-2)13-23-10-4-6-17(14-23)21(24)16-5-3-7-18(22)12-16/h3,5,7-9,11-12,17H,4,6,10,13-14H2,1-2H3/t17-/m0/s1. The van der Waals surface area contributed by atoms with Crippen molar-refractivity contribution in [2.24, 2.45) is 5.92 Å². The number of ketones is 1. The van der Waals surface area contributed by atoms with Crippen molar-refractivity contribution in [3.63, 3.8) is 0 Å². The molecule has 4 nitrogen and oxygen atoms in total.